The Labute approximate surface area is 263 Å². The molecule has 2 saturated heterocycles. The fraction of sp³-hybridized carbons (Fsp3) is 0.375. The number of nitrogens with zero attached hydrogens (tertiary/aromatic N) is 4. The Morgan fingerprint density at radius 1 is 1.20 bits per heavy atom. The minimum Gasteiger partial charge on any atom is -0.490 e. The van der Waals surface area contributed by atoms with Crippen LogP contribution in [-0.4, -0.2) is 77.4 Å². The van der Waals surface area contributed by atoms with Crippen molar-refractivity contribution < 1.29 is 27.8 Å². The van der Waals surface area contributed by atoms with E-state index in [-0.39, 0.29) is 48.4 Å². The molecule has 45 heavy (non-hydrogen) atoms. The number of nitrogens with one attached hydrogen (secondary N) is 2. The van der Waals surface area contributed by atoms with E-state index in [0.29, 0.717) is 41.6 Å². The Bertz CT molecular complexity index is 1760. The predicted molar refractivity (Wildman–Crippen MR) is 168 cm³/mol. The van der Waals surface area contributed by atoms with Gasteiger partial charge >= 0.3 is 0 Å². The summed E-state index contributed by atoms with van der Waals surface area (Å²) >= 11 is 1.41. The van der Waals surface area contributed by atoms with E-state index in [9.17, 15) is 14.0 Å². The number of ether oxygens (including phenoxy) is 2. The van der Waals surface area contributed by atoms with Gasteiger partial charge in [-0.2, -0.15) is 5.10 Å². The second kappa shape index (κ2) is 12.6. The first-order valence-electron chi connectivity index (χ1n) is 14.7. The number of hydrogen-bond donors (Lipinski definition) is 2. The van der Waals surface area contributed by atoms with E-state index >= 15 is 4.39 Å². The number of aromatic amines is 1. The number of hydrogen-bond acceptors (Lipinski definition) is 8. The molecule has 2 aliphatic heterocycles. The van der Waals surface area contributed by atoms with E-state index in [1.54, 1.807) is 19.9 Å². The molecular formula is C32H34F2N6O4S. The summed E-state index contributed by atoms with van der Waals surface area (Å²) in [5.41, 5.74) is 1.86. The number of fused-ring (bicyclic) bond motifs is 3. The molecule has 0 radical (unpaired) electrons. The first-order valence-corrected chi connectivity index (χ1v) is 15.6. The van der Waals surface area contributed by atoms with Crippen molar-refractivity contribution in [1.29, 1.82) is 0 Å². The van der Waals surface area contributed by atoms with Gasteiger partial charge in [0.15, 0.2) is 0 Å². The fourth-order valence-electron chi connectivity index (χ4n) is 6.43. The van der Waals surface area contributed by atoms with Crippen molar-refractivity contribution in [2.45, 2.75) is 44.8 Å². The van der Waals surface area contributed by atoms with Gasteiger partial charge in [0.25, 0.3) is 0 Å². The number of H-pyrrole nitrogens is 1. The molecular weight excluding hydrogens is 602 g/mol. The van der Waals surface area contributed by atoms with Gasteiger partial charge in [-0.3, -0.25) is 14.7 Å². The van der Waals surface area contributed by atoms with Crippen molar-refractivity contribution in [2.75, 3.05) is 38.3 Å². The van der Waals surface area contributed by atoms with Crippen LogP contribution in [-0.2, 0) is 14.3 Å². The van der Waals surface area contributed by atoms with Gasteiger partial charge in [-0.15, -0.1) is 11.3 Å². The molecule has 0 aliphatic carbocycles. The molecule has 10 nitrogen and oxygen atoms in total. The van der Waals surface area contributed by atoms with Crippen LogP contribution >= 0.6 is 11.3 Å². The van der Waals surface area contributed by atoms with E-state index in [0.717, 1.165) is 35.1 Å². The van der Waals surface area contributed by atoms with Crippen LogP contribution in [0.25, 0.3) is 32.6 Å². The number of anilines is 1. The first-order chi connectivity index (χ1) is 21.7. The zero-order valence-corrected chi connectivity index (χ0v) is 26.0. The van der Waals surface area contributed by atoms with Gasteiger partial charge in [-0.1, -0.05) is 6.58 Å². The third kappa shape index (κ3) is 5.77. The number of pyridine rings is 1. The number of rotatable bonds is 10. The summed E-state index contributed by atoms with van der Waals surface area (Å²) in [4.78, 5) is 33.7. The quantitative estimate of drug-likeness (QED) is 0.181. The molecule has 2 aliphatic rings. The van der Waals surface area contributed by atoms with Gasteiger partial charge < -0.3 is 24.6 Å². The highest BCUT2D eigenvalue weighted by Crippen LogP contribution is 2.47. The van der Waals surface area contributed by atoms with Crippen molar-refractivity contribution in [3.8, 4) is 28.3 Å². The highest BCUT2D eigenvalue weighted by atomic mass is 32.1. The molecule has 0 spiro atoms. The van der Waals surface area contributed by atoms with Gasteiger partial charge in [0.1, 0.15) is 41.2 Å². The second-order valence-electron chi connectivity index (χ2n) is 11.3. The molecule has 2 fully saturated rings. The largest absolute Gasteiger partial charge is 0.490 e. The topological polar surface area (TPSA) is 113 Å². The van der Waals surface area contributed by atoms with Crippen LogP contribution in [0, 0.1) is 11.6 Å². The van der Waals surface area contributed by atoms with Crippen molar-refractivity contribution in [1.82, 2.24) is 25.4 Å². The minimum atomic E-state index is -0.802. The van der Waals surface area contributed by atoms with E-state index in [2.05, 4.69) is 27.0 Å². The van der Waals surface area contributed by atoms with Crippen LogP contribution < -0.4 is 15.0 Å². The maximum atomic E-state index is 15.9. The number of methoxy groups -OCH3 is 1. The van der Waals surface area contributed by atoms with Gasteiger partial charge in [-0.25, -0.2) is 13.8 Å². The fourth-order valence-corrected chi connectivity index (χ4v) is 7.37. The van der Waals surface area contributed by atoms with Crippen LogP contribution in [0.4, 0.5) is 14.6 Å². The lowest BCUT2D eigenvalue weighted by Crippen LogP contribution is -2.55. The number of aromatic nitrogens is 3. The summed E-state index contributed by atoms with van der Waals surface area (Å²) < 4.78 is 42.2. The van der Waals surface area contributed by atoms with E-state index in [1.807, 2.05) is 16.3 Å². The molecule has 2 amide bonds. The van der Waals surface area contributed by atoms with Gasteiger partial charge in [0, 0.05) is 67.0 Å². The summed E-state index contributed by atoms with van der Waals surface area (Å²) in [5.74, 6) is -1.13. The van der Waals surface area contributed by atoms with Crippen LogP contribution in [0.1, 0.15) is 38.4 Å². The normalized spacial score (nSPS) is 18.3. The summed E-state index contributed by atoms with van der Waals surface area (Å²) in [6.07, 6.45) is 3.02. The van der Waals surface area contributed by atoms with Crippen LogP contribution in [0.15, 0.2) is 42.3 Å². The summed E-state index contributed by atoms with van der Waals surface area (Å²) in [7, 11) is 1.52. The highest BCUT2D eigenvalue weighted by molar-refractivity contribution is 7.18. The third-order valence-electron chi connectivity index (χ3n) is 8.40. The number of piperazine rings is 1. The predicted octanol–water partition coefficient (Wildman–Crippen LogP) is 5.22. The number of carbonyl (C=O) groups is 2. The lowest BCUT2D eigenvalue weighted by Gasteiger charge is -2.41. The zero-order valence-electron chi connectivity index (χ0n) is 25.2. The zero-order chi connectivity index (χ0) is 31.8. The monoisotopic (exact) mass is 636 g/mol. The standard InChI is InChI=1S/C32H34F2N6O4S/c1-5-27(42)35-17(2)24-14-25(38-37-24)30-29(28-23(34)12-19(33)13-26(28)44-10-9-43-4)31-22(8-11-45-31)32(36-30)39-15-20-6-7-21(16-39)40(20)18(3)41/h5,8,11-14,17,20-21H,1,6-7,9-10,15-16H2,2-4H3,(H,35,42)(H,37,38). The number of carbonyl (C=O) groups excluding carboxylic acids is 2. The number of benzene rings is 1. The molecule has 13 heteroatoms. The van der Waals surface area contributed by atoms with E-state index in [1.165, 1.54) is 24.5 Å². The SMILES string of the molecule is C=CC(=O)NC(C)c1cc(-c2nc(N3CC4CCC(C3)N4C(C)=O)c3ccsc3c2-c2c(F)cc(F)cc2OCCOC)n[nH]1. The van der Waals surface area contributed by atoms with Gasteiger partial charge in [0.05, 0.1) is 23.9 Å². The van der Waals surface area contributed by atoms with Gasteiger partial charge in [-0.05, 0) is 43.4 Å². The molecule has 0 saturated carbocycles. The Morgan fingerprint density at radius 2 is 1.96 bits per heavy atom. The Balaban J connectivity index is 1.54. The Hall–Kier alpha value is -4.36. The third-order valence-corrected chi connectivity index (χ3v) is 9.33. The smallest absolute Gasteiger partial charge is 0.243 e. The van der Waals surface area contributed by atoms with Crippen molar-refractivity contribution in [3.63, 3.8) is 0 Å². The lowest BCUT2D eigenvalue weighted by molar-refractivity contribution is -0.132. The number of thiophene rings is 1. The maximum absolute atomic E-state index is 15.9. The second-order valence-corrected chi connectivity index (χ2v) is 12.2. The molecule has 4 aromatic rings. The van der Waals surface area contributed by atoms with Gasteiger partial charge in [0.2, 0.25) is 11.8 Å². The van der Waals surface area contributed by atoms with E-state index in [4.69, 9.17) is 14.5 Å². The van der Waals surface area contributed by atoms with E-state index < -0.39 is 17.7 Å². The molecule has 1 aromatic carbocycles. The molecule has 3 unspecified atom stereocenters. The number of amides is 2. The molecule has 6 rings (SSSR count). The summed E-state index contributed by atoms with van der Waals surface area (Å²) in [6.45, 7) is 8.44. The van der Waals surface area contributed by atoms with Crippen LogP contribution in [0.2, 0.25) is 0 Å². The van der Waals surface area contributed by atoms with Crippen molar-refractivity contribution in [2.24, 2.45) is 0 Å². The number of halogens is 2. The molecule has 2 N–H and O–H groups in total. The van der Waals surface area contributed by atoms with Crippen LogP contribution in [0.5, 0.6) is 5.75 Å². The Kier molecular flexibility index (Phi) is 8.56. The molecule has 3 aromatic heterocycles. The maximum Gasteiger partial charge on any atom is 0.243 e. The van der Waals surface area contributed by atoms with Crippen molar-refractivity contribution >= 4 is 39.1 Å². The average Bonchev–Trinajstić information content (AvgIpc) is 3.75. The molecule has 2 bridgehead atoms. The van der Waals surface area contributed by atoms with Crippen LogP contribution in [0.3, 0.4) is 0 Å². The first kappa shape index (κ1) is 30.7. The average molecular weight is 637 g/mol. The molecule has 5 heterocycles. The lowest BCUT2D eigenvalue weighted by atomic mass is 9.98. The molecule has 3 atom stereocenters. The Morgan fingerprint density at radius 3 is 2.64 bits per heavy atom. The minimum absolute atomic E-state index is 0.0190. The molecule has 236 valence electrons. The summed E-state index contributed by atoms with van der Waals surface area (Å²) in [6, 6.07) is 5.40. The highest BCUT2D eigenvalue weighted by Gasteiger charge is 2.42. The van der Waals surface area contributed by atoms with Crippen molar-refractivity contribution in [3.05, 3.63) is 59.6 Å². The summed E-state index contributed by atoms with van der Waals surface area (Å²) in [5, 5.41) is 13.1.